The number of amides is 2. The summed E-state index contributed by atoms with van der Waals surface area (Å²) < 4.78 is 0. The highest BCUT2D eigenvalue weighted by Crippen LogP contribution is 2.24. The van der Waals surface area contributed by atoms with Crippen molar-refractivity contribution in [1.82, 2.24) is 5.32 Å². The number of nitrogens with two attached hydrogens (primary N) is 1. The van der Waals surface area contributed by atoms with E-state index in [0.29, 0.717) is 31.8 Å². The lowest BCUT2D eigenvalue weighted by Gasteiger charge is -2.10. The minimum atomic E-state index is 0. The van der Waals surface area contributed by atoms with Crippen LogP contribution in [0.5, 0.6) is 0 Å². The molecule has 0 fully saturated rings. The summed E-state index contributed by atoms with van der Waals surface area (Å²) in [4.78, 5) is 23.0. The summed E-state index contributed by atoms with van der Waals surface area (Å²) in [6.45, 7) is 3.24. The third kappa shape index (κ3) is 5.31. The van der Waals surface area contributed by atoms with Crippen LogP contribution in [-0.4, -0.2) is 24.9 Å². The van der Waals surface area contributed by atoms with Crippen LogP contribution in [-0.2, 0) is 22.4 Å². The molecule has 0 bridgehead atoms. The molecule has 0 aromatic heterocycles. The van der Waals surface area contributed by atoms with Gasteiger partial charge in [-0.3, -0.25) is 9.59 Å². The fraction of sp³-hybridized carbons (Fsp3) is 0.500. The first-order valence-corrected chi connectivity index (χ1v) is 7.47. The van der Waals surface area contributed by atoms with E-state index >= 15 is 0 Å². The summed E-state index contributed by atoms with van der Waals surface area (Å²) in [5.74, 6) is 0.444. The Morgan fingerprint density at radius 1 is 1.45 bits per heavy atom. The zero-order valence-electron chi connectivity index (χ0n) is 12.9. The highest BCUT2D eigenvalue weighted by Gasteiger charge is 2.17. The Kier molecular flexibility index (Phi) is 7.35. The Balaban J connectivity index is 0.00000242. The molecular weight excluding hydrogens is 302 g/mol. The summed E-state index contributed by atoms with van der Waals surface area (Å²) in [7, 11) is 0. The number of carbonyl (C=O) groups is 2. The second-order valence-electron chi connectivity index (χ2n) is 5.71. The number of rotatable bonds is 7. The van der Waals surface area contributed by atoms with Gasteiger partial charge in [-0.05, 0) is 42.5 Å². The quantitative estimate of drug-likeness (QED) is 0.712. The van der Waals surface area contributed by atoms with Crippen molar-refractivity contribution in [2.24, 2.45) is 11.7 Å². The van der Waals surface area contributed by atoms with Crippen LogP contribution in [0.15, 0.2) is 18.2 Å². The predicted molar refractivity (Wildman–Crippen MR) is 90.2 cm³/mol. The van der Waals surface area contributed by atoms with Crippen LogP contribution in [0.4, 0.5) is 5.69 Å². The van der Waals surface area contributed by atoms with Crippen molar-refractivity contribution in [1.29, 1.82) is 0 Å². The van der Waals surface area contributed by atoms with Crippen molar-refractivity contribution in [2.45, 2.75) is 32.6 Å². The van der Waals surface area contributed by atoms with Crippen LogP contribution in [0.2, 0.25) is 0 Å². The first-order chi connectivity index (χ1) is 10.1. The van der Waals surface area contributed by atoms with Crippen LogP contribution >= 0.6 is 12.4 Å². The number of benzene rings is 1. The highest BCUT2D eigenvalue weighted by atomic mass is 35.5. The molecule has 0 saturated heterocycles. The van der Waals surface area contributed by atoms with Crippen LogP contribution in [0, 0.1) is 5.92 Å². The molecule has 1 unspecified atom stereocenters. The van der Waals surface area contributed by atoms with E-state index in [9.17, 15) is 9.59 Å². The molecule has 0 aliphatic carbocycles. The van der Waals surface area contributed by atoms with E-state index in [1.807, 2.05) is 19.1 Å². The molecule has 2 rings (SSSR count). The first kappa shape index (κ1) is 18.5. The van der Waals surface area contributed by atoms with E-state index in [1.165, 1.54) is 5.56 Å². The van der Waals surface area contributed by atoms with Gasteiger partial charge in [-0.25, -0.2) is 0 Å². The molecule has 1 aliphatic heterocycles. The smallest absolute Gasteiger partial charge is 0.228 e. The Labute approximate surface area is 137 Å². The Bertz CT molecular complexity index is 534. The lowest BCUT2D eigenvalue weighted by molar-refractivity contribution is -0.121. The van der Waals surface area contributed by atoms with Crippen molar-refractivity contribution in [3.05, 3.63) is 29.3 Å². The van der Waals surface area contributed by atoms with E-state index in [1.54, 1.807) is 0 Å². The molecule has 0 saturated carbocycles. The van der Waals surface area contributed by atoms with Crippen molar-refractivity contribution in [2.75, 3.05) is 18.4 Å². The van der Waals surface area contributed by atoms with Gasteiger partial charge in [0.1, 0.15) is 0 Å². The lowest BCUT2D eigenvalue weighted by Crippen LogP contribution is -2.31. The number of fused-ring (bicyclic) bond motifs is 1. The van der Waals surface area contributed by atoms with Gasteiger partial charge in [0.05, 0.1) is 6.42 Å². The maximum Gasteiger partial charge on any atom is 0.228 e. The molecule has 1 heterocycles. The van der Waals surface area contributed by atoms with Crippen molar-refractivity contribution < 1.29 is 9.59 Å². The SMILES string of the molecule is CC(CN)CNC(=O)CCCc1ccc2c(c1)CC(=O)N2.Cl. The molecule has 1 atom stereocenters. The average Bonchev–Trinajstić information content (AvgIpc) is 2.84. The molecule has 5 nitrogen and oxygen atoms in total. The zero-order chi connectivity index (χ0) is 15.2. The summed E-state index contributed by atoms with van der Waals surface area (Å²) in [6, 6.07) is 6.01. The molecule has 4 N–H and O–H groups in total. The predicted octanol–water partition coefficient (Wildman–Crippen LogP) is 1.64. The highest BCUT2D eigenvalue weighted by molar-refractivity contribution is 5.99. The minimum absolute atomic E-state index is 0. The number of anilines is 1. The number of aryl methyl sites for hydroxylation is 1. The zero-order valence-corrected chi connectivity index (χ0v) is 13.7. The van der Waals surface area contributed by atoms with E-state index < -0.39 is 0 Å². The molecule has 1 aliphatic rings. The summed E-state index contributed by atoms with van der Waals surface area (Å²) >= 11 is 0. The van der Waals surface area contributed by atoms with Gasteiger partial charge in [-0.15, -0.1) is 12.4 Å². The van der Waals surface area contributed by atoms with Crippen LogP contribution in [0.1, 0.15) is 30.9 Å². The van der Waals surface area contributed by atoms with Crippen LogP contribution < -0.4 is 16.4 Å². The van der Waals surface area contributed by atoms with Gasteiger partial charge in [-0.1, -0.05) is 19.1 Å². The summed E-state index contributed by atoms with van der Waals surface area (Å²) in [5.41, 5.74) is 8.65. The summed E-state index contributed by atoms with van der Waals surface area (Å²) in [6.07, 6.45) is 2.64. The normalized spacial score (nSPS) is 13.8. The molecule has 1 aromatic carbocycles. The molecule has 122 valence electrons. The maximum absolute atomic E-state index is 11.7. The van der Waals surface area contributed by atoms with Gasteiger partial charge in [0.15, 0.2) is 0 Å². The Morgan fingerprint density at radius 3 is 2.95 bits per heavy atom. The Morgan fingerprint density at radius 2 is 2.23 bits per heavy atom. The Hall–Kier alpha value is -1.59. The maximum atomic E-state index is 11.7. The second-order valence-corrected chi connectivity index (χ2v) is 5.71. The van der Waals surface area contributed by atoms with E-state index in [-0.39, 0.29) is 24.2 Å². The third-order valence-corrected chi connectivity index (χ3v) is 3.71. The summed E-state index contributed by atoms with van der Waals surface area (Å²) in [5, 5.41) is 5.71. The average molecular weight is 326 g/mol. The topological polar surface area (TPSA) is 84.2 Å². The van der Waals surface area contributed by atoms with Gasteiger partial charge in [0.25, 0.3) is 0 Å². The standard InChI is InChI=1S/C16H23N3O2.ClH/c1-11(9-17)10-18-15(20)4-2-3-12-5-6-14-13(7-12)8-16(21)19-14;/h5-7,11H,2-4,8-10,17H2,1H3,(H,18,20)(H,19,21);1H. The molecular formula is C16H24ClN3O2. The van der Waals surface area contributed by atoms with E-state index in [0.717, 1.165) is 24.1 Å². The molecule has 0 radical (unpaired) electrons. The van der Waals surface area contributed by atoms with Crippen molar-refractivity contribution in [3.63, 3.8) is 0 Å². The van der Waals surface area contributed by atoms with Crippen molar-refractivity contribution >= 4 is 29.9 Å². The van der Waals surface area contributed by atoms with Crippen LogP contribution in [0.25, 0.3) is 0 Å². The first-order valence-electron chi connectivity index (χ1n) is 7.47. The number of hydrogen-bond donors (Lipinski definition) is 3. The number of halogens is 1. The molecule has 0 spiro atoms. The van der Waals surface area contributed by atoms with Gasteiger partial charge in [-0.2, -0.15) is 0 Å². The minimum Gasteiger partial charge on any atom is -0.356 e. The molecule has 22 heavy (non-hydrogen) atoms. The van der Waals surface area contributed by atoms with Gasteiger partial charge >= 0.3 is 0 Å². The number of carbonyl (C=O) groups excluding carboxylic acids is 2. The van der Waals surface area contributed by atoms with Crippen molar-refractivity contribution in [3.8, 4) is 0 Å². The van der Waals surface area contributed by atoms with E-state index in [4.69, 9.17) is 5.73 Å². The monoisotopic (exact) mass is 325 g/mol. The number of hydrogen-bond acceptors (Lipinski definition) is 3. The van der Waals surface area contributed by atoms with E-state index in [2.05, 4.69) is 16.7 Å². The third-order valence-electron chi connectivity index (χ3n) is 3.71. The van der Waals surface area contributed by atoms with Gasteiger partial charge in [0.2, 0.25) is 11.8 Å². The second kappa shape index (κ2) is 8.76. The number of nitrogens with one attached hydrogen (secondary N) is 2. The van der Waals surface area contributed by atoms with Gasteiger partial charge in [0, 0.05) is 18.7 Å². The molecule has 6 heteroatoms. The fourth-order valence-electron chi connectivity index (χ4n) is 2.35. The van der Waals surface area contributed by atoms with Crippen LogP contribution in [0.3, 0.4) is 0 Å². The fourth-order valence-corrected chi connectivity index (χ4v) is 2.35. The lowest BCUT2D eigenvalue weighted by atomic mass is 10.0. The van der Waals surface area contributed by atoms with Gasteiger partial charge < -0.3 is 16.4 Å². The molecule has 2 amide bonds. The molecule has 1 aromatic rings. The largest absolute Gasteiger partial charge is 0.356 e.